The molecule has 3 heteroatoms. The summed E-state index contributed by atoms with van der Waals surface area (Å²) in [6.45, 7) is 8.66. The van der Waals surface area contributed by atoms with E-state index >= 15 is 0 Å². The van der Waals surface area contributed by atoms with Gasteiger partial charge in [0.2, 0.25) is 0 Å². The monoisotopic (exact) mass is 216 g/mol. The highest BCUT2D eigenvalue weighted by Gasteiger charge is 2.36. The summed E-state index contributed by atoms with van der Waals surface area (Å²) in [5, 5.41) is 4.34. The van der Waals surface area contributed by atoms with Crippen LogP contribution in [-0.2, 0) is 0 Å². The highest BCUT2D eigenvalue weighted by Crippen LogP contribution is 2.33. The molecular weight excluding hydrogens is 192 g/mol. The van der Waals surface area contributed by atoms with E-state index in [0.717, 1.165) is 13.1 Å². The summed E-state index contributed by atoms with van der Waals surface area (Å²) in [7, 11) is 0. The molecule has 84 valence electrons. The van der Waals surface area contributed by atoms with Crippen molar-refractivity contribution >= 4 is 11.8 Å². The van der Waals surface area contributed by atoms with Crippen LogP contribution in [0.1, 0.15) is 33.6 Å². The molecule has 0 radical (unpaired) electrons. The summed E-state index contributed by atoms with van der Waals surface area (Å²) < 4.78 is 0. The Hall–Kier alpha value is 0.270. The lowest BCUT2D eigenvalue weighted by molar-refractivity contribution is 0.285. The first-order valence-corrected chi connectivity index (χ1v) is 6.72. The smallest absolute Gasteiger partial charge is 0.0421 e. The average molecular weight is 216 g/mol. The maximum atomic E-state index is 5.94. The molecule has 1 saturated heterocycles. The Bertz CT molecular complexity index is 173. The number of nitrogens with two attached hydrogens (primary N) is 1. The molecule has 2 unspecified atom stereocenters. The Morgan fingerprint density at radius 3 is 2.79 bits per heavy atom. The SMILES string of the molecule is CC(C)CNC1(CN)CCCSC1C. The molecule has 0 aromatic carbocycles. The van der Waals surface area contributed by atoms with Crippen LogP contribution in [0.15, 0.2) is 0 Å². The fourth-order valence-electron chi connectivity index (χ4n) is 1.99. The van der Waals surface area contributed by atoms with E-state index in [1.54, 1.807) is 0 Å². The van der Waals surface area contributed by atoms with Crippen molar-refractivity contribution in [2.45, 2.75) is 44.4 Å². The largest absolute Gasteiger partial charge is 0.329 e. The van der Waals surface area contributed by atoms with Gasteiger partial charge in [-0.25, -0.2) is 0 Å². The Morgan fingerprint density at radius 2 is 2.29 bits per heavy atom. The van der Waals surface area contributed by atoms with E-state index < -0.39 is 0 Å². The van der Waals surface area contributed by atoms with Crippen molar-refractivity contribution in [2.24, 2.45) is 11.7 Å². The van der Waals surface area contributed by atoms with Crippen molar-refractivity contribution in [2.75, 3.05) is 18.8 Å². The Balaban J connectivity index is 2.54. The molecule has 0 amide bonds. The zero-order valence-corrected chi connectivity index (χ0v) is 10.5. The van der Waals surface area contributed by atoms with Crippen LogP contribution in [0.4, 0.5) is 0 Å². The third-order valence-corrected chi connectivity index (χ3v) is 4.62. The molecule has 3 N–H and O–H groups in total. The lowest BCUT2D eigenvalue weighted by atomic mass is 9.89. The van der Waals surface area contributed by atoms with Crippen molar-refractivity contribution in [1.29, 1.82) is 0 Å². The van der Waals surface area contributed by atoms with Crippen molar-refractivity contribution in [3.63, 3.8) is 0 Å². The van der Waals surface area contributed by atoms with Crippen LogP contribution in [0, 0.1) is 5.92 Å². The van der Waals surface area contributed by atoms with E-state index in [2.05, 4.69) is 37.8 Å². The number of nitrogens with one attached hydrogen (secondary N) is 1. The summed E-state index contributed by atoms with van der Waals surface area (Å²) in [6, 6.07) is 0. The molecule has 0 aromatic heterocycles. The second kappa shape index (κ2) is 5.38. The molecule has 0 saturated carbocycles. The molecule has 14 heavy (non-hydrogen) atoms. The van der Waals surface area contributed by atoms with Gasteiger partial charge in [-0.3, -0.25) is 0 Å². The van der Waals surface area contributed by atoms with E-state index in [4.69, 9.17) is 5.73 Å². The molecule has 0 spiro atoms. The summed E-state index contributed by atoms with van der Waals surface area (Å²) in [6.07, 6.45) is 2.54. The quantitative estimate of drug-likeness (QED) is 0.753. The zero-order chi connectivity index (χ0) is 10.6. The topological polar surface area (TPSA) is 38.0 Å². The molecule has 1 rings (SSSR count). The number of rotatable bonds is 4. The molecule has 0 bridgehead atoms. The predicted octanol–water partition coefficient (Wildman–Crippen LogP) is 1.84. The Labute approximate surface area is 92.4 Å². The minimum absolute atomic E-state index is 0.202. The molecule has 1 fully saturated rings. The molecule has 0 aliphatic carbocycles. The van der Waals surface area contributed by atoms with Gasteiger partial charge in [-0.05, 0) is 31.1 Å². The normalized spacial score (nSPS) is 33.6. The van der Waals surface area contributed by atoms with Gasteiger partial charge in [-0.2, -0.15) is 11.8 Å². The first kappa shape index (κ1) is 12.3. The number of hydrogen-bond donors (Lipinski definition) is 2. The maximum absolute atomic E-state index is 5.94. The molecule has 1 aliphatic heterocycles. The summed E-state index contributed by atoms with van der Waals surface area (Å²) in [5.41, 5.74) is 6.14. The van der Waals surface area contributed by atoms with Gasteiger partial charge in [0.1, 0.15) is 0 Å². The Morgan fingerprint density at radius 1 is 1.57 bits per heavy atom. The molecule has 1 heterocycles. The molecule has 2 nitrogen and oxygen atoms in total. The fraction of sp³-hybridized carbons (Fsp3) is 1.00. The molecule has 2 atom stereocenters. The summed E-state index contributed by atoms with van der Waals surface area (Å²) >= 11 is 2.06. The van der Waals surface area contributed by atoms with Gasteiger partial charge in [0.05, 0.1) is 0 Å². The van der Waals surface area contributed by atoms with E-state index in [-0.39, 0.29) is 5.54 Å². The summed E-state index contributed by atoms with van der Waals surface area (Å²) in [4.78, 5) is 0. The van der Waals surface area contributed by atoms with Gasteiger partial charge in [-0.1, -0.05) is 20.8 Å². The van der Waals surface area contributed by atoms with Crippen LogP contribution in [0.3, 0.4) is 0 Å². The van der Waals surface area contributed by atoms with E-state index in [1.165, 1.54) is 18.6 Å². The fourth-order valence-corrected chi connectivity index (χ4v) is 3.27. The van der Waals surface area contributed by atoms with E-state index in [0.29, 0.717) is 11.2 Å². The van der Waals surface area contributed by atoms with Crippen molar-refractivity contribution in [3.8, 4) is 0 Å². The van der Waals surface area contributed by atoms with Gasteiger partial charge >= 0.3 is 0 Å². The van der Waals surface area contributed by atoms with Gasteiger partial charge in [-0.15, -0.1) is 0 Å². The highest BCUT2D eigenvalue weighted by molar-refractivity contribution is 8.00. The first-order chi connectivity index (χ1) is 6.60. The summed E-state index contributed by atoms with van der Waals surface area (Å²) in [5.74, 6) is 2.00. The minimum Gasteiger partial charge on any atom is -0.329 e. The van der Waals surface area contributed by atoms with Gasteiger partial charge in [0.15, 0.2) is 0 Å². The van der Waals surface area contributed by atoms with Crippen LogP contribution in [0.5, 0.6) is 0 Å². The van der Waals surface area contributed by atoms with Gasteiger partial charge < -0.3 is 11.1 Å². The maximum Gasteiger partial charge on any atom is 0.0421 e. The third-order valence-electron chi connectivity index (χ3n) is 3.14. The minimum atomic E-state index is 0.202. The van der Waals surface area contributed by atoms with Crippen LogP contribution >= 0.6 is 11.8 Å². The first-order valence-electron chi connectivity index (χ1n) is 5.67. The number of thioether (sulfide) groups is 1. The lowest BCUT2D eigenvalue weighted by Gasteiger charge is -2.42. The van der Waals surface area contributed by atoms with Crippen LogP contribution in [0.2, 0.25) is 0 Å². The van der Waals surface area contributed by atoms with Gasteiger partial charge in [0.25, 0.3) is 0 Å². The van der Waals surface area contributed by atoms with Crippen LogP contribution in [-0.4, -0.2) is 29.6 Å². The second-order valence-electron chi connectivity index (χ2n) is 4.75. The predicted molar refractivity (Wildman–Crippen MR) is 65.8 cm³/mol. The van der Waals surface area contributed by atoms with E-state index in [9.17, 15) is 0 Å². The van der Waals surface area contributed by atoms with Crippen LogP contribution in [0.25, 0.3) is 0 Å². The van der Waals surface area contributed by atoms with Crippen LogP contribution < -0.4 is 11.1 Å². The standard InChI is InChI=1S/C11H24N2S/c1-9(2)7-13-11(8-12)5-4-6-14-10(11)3/h9-10,13H,4-8,12H2,1-3H3. The molecule has 1 aliphatic rings. The molecule has 0 aromatic rings. The Kier molecular flexibility index (Phi) is 4.74. The third kappa shape index (κ3) is 2.88. The second-order valence-corrected chi connectivity index (χ2v) is 6.20. The average Bonchev–Trinajstić information content (AvgIpc) is 2.17. The van der Waals surface area contributed by atoms with Crippen molar-refractivity contribution in [1.82, 2.24) is 5.32 Å². The van der Waals surface area contributed by atoms with Crippen molar-refractivity contribution in [3.05, 3.63) is 0 Å². The molecular formula is C11H24N2S. The highest BCUT2D eigenvalue weighted by atomic mass is 32.2. The van der Waals surface area contributed by atoms with Gasteiger partial charge in [0, 0.05) is 17.3 Å². The zero-order valence-electron chi connectivity index (χ0n) is 9.68. The lowest BCUT2D eigenvalue weighted by Crippen LogP contribution is -2.59. The number of hydrogen-bond acceptors (Lipinski definition) is 3. The van der Waals surface area contributed by atoms with Crippen molar-refractivity contribution < 1.29 is 0 Å². The van der Waals surface area contributed by atoms with E-state index in [1.807, 2.05) is 0 Å².